The van der Waals surface area contributed by atoms with Gasteiger partial charge in [0.2, 0.25) is 0 Å². The molecule has 0 aromatic rings. The van der Waals surface area contributed by atoms with Crippen LogP contribution in [0.15, 0.2) is 0 Å². The first-order valence-corrected chi connectivity index (χ1v) is 5.96. The molecule has 82 valence electrons. The maximum Gasteiger partial charge on any atom is 0.0510 e. The highest BCUT2D eigenvalue weighted by molar-refractivity contribution is 5.04. The van der Waals surface area contributed by atoms with Crippen LogP contribution in [0.3, 0.4) is 0 Å². The summed E-state index contributed by atoms with van der Waals surface area (Å²) in [6.45, 7) is 10.0. The third-order valence-electron chi connectivity index (χ3n) is 3.94. The Morgan fingerprint density at radius 2 is 2.21 bits per heavy atom. The van der Waals surface area contributed by atoms with Gasteiger partial charge in [0, 0.05) is 18.6 Å². The Labute approximate surface area is 87.4 Å². The van der Waals surface area contributed by atoms with Gasteiger partial charge in [0.05, 0.1) is 6.61 Å². The van der Waals surface area contributed by atoms with E-state index in [1.54, 1.807) is 0 Å². The van der Waals surface area contributed by atoms with E-state index < -0.39 is 0 Å². The predicted octanol–water partition coefficient (Wildman–Crippen LogP) is 2.05. The van der Waals surface area contributed by atoms with Crippen molar-refractivity contribution >= 4 is 0 Å². The fourth-order valence-electron chi connectivity index (χ4n) is 2.83. The largest absolute Gasteiger partial charge is 0.381 e. The number of hydrogen-bond donors (Lipinski definition) is 1. The Bertz CT molecular complexity index is 192. The summed E-state index contributed by atoms with van der Waals surface area (Å²) in [5.41, 5.74) is 0.579. The number of nitrogens with one attached hydrogen (secondary N) is 1. The molecular formula is C12H23NO. The molecule has 2 fully saturated rings. The normalized spacial score (nSPS) is 37.1. The van der Waals surface area contributed by atoms with Crippen molar-refractivity contribution in [3.63, 3.8) is 0 Å². The topological polar surface area (TPSA) is 21.3 Å². The molecule has 14 heavy (non-hydrogen) atoms. The molecule has 2 rings (SSSR count). The van der Waals surface area contributed by atoms with Crippen molar-refractivity contribution < 1.29 is 4.74 Å². The van der Waals surface area contributed by atoms with E-state index in [2.05, 4.69) is 26.1 Å². The minimum atomic E-state index is 0.579. The third-order valence-corrected chi connectivity index (χ3v) is 3.94. The van der Waals surface area contributed by atoms with Gasteiger partial charge in [-0.15, -0.1) is 0 Å². The molecular weight excluding hydrogens is 174 g/mol. The van der Waals surface area contributed by atoms with Crippen LogP contribution in [0.5, 0.6) is 0 Å². The number of ether oxygens (including phenoxy) is 1. The fourth-order valence-corrected chi connectivity index (χ4v) is 2.83. The maximum atomic E-state index is 5.49. The van der Waals surface area contributed by atoms with Crippen molar-refractivity contribution in [1.29, 1.82) is 0 Å². The predicted molar refractivity (Wildman–Crippen MR) is 58.3 cm³/mol. The smallest absolute Gasteiger partial charge is 0.0510 e. The third kappa shape index (κ3) is 1.96. The van der Waals surface area contributed by atoms with Gasteiger partial charge in [-0.2, -0.15) is 0 Å². The van der Waals surface area contributed by atoms with Gasteiger partial charge < -0.3 is 10.1 Å². The minimum absolute atomic E-state index is 0.579. The SMILES string of the molecule is CCNC(C1CCOC1)C1CC1(C)C. The molecule has 0 bridgehead atoms. The molecule has 1 saturated carbocycles. The summed E-state index contributed by atoms with van der Waals surface area (Å²) in [6.07, 6.45) is 2.64. The molecule has 1 N–H and O–H groups in total. The van der Waals surface area contributed by atoms with Crippen molar-refractivity contribution in [3.8, 4) is 0 Å². The summed E-state index contributed by atoms with van der Waals surface area (Å²) >= 11 is 0. The van der Waals surface area contributed by atoms with Crippen molar-refractivity contribution in [2.45, 2.75) is 39.7 Å². The zero-order chi connectivity index (χ0) is 10.2. The summed E-state index contributed by atoms with van der Waals surface area (Å²) in [7, 11) is 0. The lowest BCUT2D eigenvalue weighted by molar-refractivity contribution is 0.171. The van der Waals surface area contributed by atoms with Crippen LogP contribution >= 0.6 is 0 Å². The molecule has 3 atom stereocenters. The van der Waals surface area contributed by atoms with Gasteiger partial charge in [0.25, 0.3) is 0 Å². The van der Waals surface area contributed by atoms with E-state index in [0.717, 1.165) is 31.6 Å². The molecule has 0 aromatic carbocycles. The molecule has 1 saturated heterocycles. The quantitative estimate of drug-likeness (QED) is 0.744. The Balaban J connectivity index is 1.94. The fraction of sp³-hybridized carbons (Fsp3) is 1.00. The van der Waals surface area contributed by atoms with Crippen molar-refractivity contribution in [3.05, 3.63) is 0 Å². The molecule has 1 heterocycles. The molecule has 0 radical (unpaired) electrons. The van der Waals surface area contributed by atoms with E-state index in [0.29, 0.717) is 11.5 Å². The minimum Gasteiger partial charge on any atom is -0.381 e. The van der Waals surface area contributed by atoms with Gasteiger partial charge in [-0.05, 0) is 30.7 Å². The highest BCUT2D eigenvalue weighted by Gasteiger charge is 2.52. The molecule has 0 aromatic heterocycles. The van der Waals surface area contributed by atoms with Gasteiger partial charge in [0.1, 0.15) is 0 Å². The Hall–Kier alpha value is -0.0800. The summed E-state index contributed by atoms with van der Waals surface area (Å²) in [4.78, 5) is 0. The highest BCUT2D eigenvalue weighted by atomic mass is 16.5. The average Bonchev–Trinajstić information content (AvgIpc) is 2.61. The Morgan fingerprint density at radius 3 is 2.64 bits per heavy atom. The summed E-state index contributed by atoms with van der Waals surface area (Å²) in [5.74, 6) is 1.65. The molecule has 3 unspecified atom stereocenters. The second kappa shape index (κ2) is 3.82. The van der Waals surface area contributed by atoms with Crippen LogP contribution in [0.25, 0.3) is 0 Å². The summed E-state index contributed by atoms with van der Waals surface area (Å²) in [6, 6.07) is 0.706. The van der Waals surface area contributed by atoms with Crippen LogP contribution < -0.4 is 5.32 Å². The first-order valence-electron chi connectivity index (χ1n) is 5.96. The molecule has 1 aliphatic carbocycles. The molecule has 2 heteroatoms. The molecule has 2 aliphatic rings. The Morgan fingerprint density at radius 1 is 1.50 bits per heavy atom. The van der Waals surface area contributed by atoms with E-state index in [1.807, 2.05) is 0 Å². The van der Waals surface area contributed by atoms with Gasteiger partial charge in [-0.1, -0.05) is 20.8 Å². The van der Waals surface area contributed by atoms with E-state index >= 15 is 0 Å². The highest BCUT2D eigenvalue weighted by Crippen LogP contribution is 2.55. The summed E-state index contributed by atoms with van der Waals surface area (Å²) < 4.78 is 5.49. The van der Waals surface area contributed by atoms with Gasteiger partial charge in [-0.3, -0.25) is 0 Å². The van der Waals surface area contributed by atoms with Crippen LogP contribution in [-0.4, -0.2) is 25.8 Å². The molecule has 0 spiro atoms. The monoisotopic (exact) mass is 197 g/mol. The van der Waals surface area contributed by atoms with Crippen molar-refractivity contribution in [2.75, 3.05) is 19.8 Å². The van der Waals surface area contributed by atoms with Gasteiger partial charge in [0.15, 0.2) is 0 Å². The number of hydrogen-bond acceptors (Lipinski definition) is 2. The van der Waals surface area contributed by atoms with Crippen LogP contribution in [0.1, 0.15) is 33.6 Å². The lowest BCUT2D eigenvalue weighted by Crippen LogP contribution is -2.39. The van der Waals surface area contributed by atoms with Crippen LogP contribution in [-0.2, 0) is 4.74 Å². The van der Waals surface area contributed by atoms with Crippen molar-refractivity contribution in [2.24, 2.45) is 17.3 Å². The van der Waals surface area contributed by atoms with E-state index in [4.69, 9.17) is 4.74 Å². The second-order valence-electron chi connectivity index (χ2n) is 5.51. The molecule has 2 nitrogen and oxygen atoms in total. The average molecular weight is 197 g/mol. The van der Waals surface area contributed by atoms with Crippen LogP contribution in [0.2, 0.25) is 0 Å². The van der Waals surface area contributed by atoms with E-state index in [1.165, 1.54) is 12.8 Å². The molecule has 1 aliphatic heterocycles. The number of rotatable bonds is 4. The van der Waals surface area contributed by atoms with Crippen LogP contribution in [0, 0.1) is 17.3 Å². The van der Waals surface area contributed by atoms with E-state index in [-0.39, 0.29) is 0 Å². The first-order chi connectivity index (χ1) is 6.65. The van der Waals surface area contributed by atoms with Crippen molar-refractivity contribution in [1.82, 2.24) is 5.32 Å². The zero-order valence-corrected chi connectivity index (χ0v) is 9.68. The molecule has 0 amide bonds. The lowest BCUT2D eigenvalue weighted by atomic mass is 9.91. The first kappa shape index (κ1) is 10.4. The van der Waals surface area contributed by atoms with Gasteiger partial charge >= 0.3 is 0 Å². The lowest BCUT2D eigenvalue weighted by Gasteiger charge is -2.24. The van der Waals surface area contributed by atoms with Crippen LogP contribution in [0.4, 0.5) is 0 Å². The standard InChI is InChI=1S/C12H23NO/c1-4-13-11(9-5-6-14-8-9)10-7-12(10,2)3/h9-11,13H,4-8H2,1-3H3. The summed E-state index contributed by atoms with van der Waals surface area (Å²) in [5, 5.41) is 3.66. The van der Waals surface area contributed by atoms with Gasteiger partial charge in [-0.25, -0.2) is 0 Å². The zero-order valence-electron chi connectivity index (χ0n) is 9.68. The van der Waals surface area contributed by atoms with E-state index in [9.17, 15) is 0 Å². The Kier molecular flexibility index (Phi) is 2.85. The second-order valence-corrected chi connectivity index (χ2v) is 5.51. The maximum absolute atomic E-state index is 5.49.